The second-order valence-electron chi connectivity index (χ2n) is 8.67. The molecule has 30 heavy (non-hydrogen) atoms. The second kappa shape index (κ2) is 7.55. The van der Waals surface area contributed by atoms with Crippen molar-refractivity contribution in [3.05, 3.63) is 28.6 Å². The number of carbonyl (C=O) groups excluding carboxylic acids is 2. The van der Waals surface area contributed by atoms with Crippen LogP contribution in [0, 0.1) is 5.92 Å². The number of carbonyl (C=O) groups is 2. The van der Waals surface area contributed by atoms with Crippen LogP contribution in [-0.4, -0.2) is 50.1 Å². The van der Waals surface area contributed by atoms with Crippen molar-refractivity contribution in [1.29, 1.82) is 0 Å². The van der Waals surface area contributed by atoms with E-state index in [1.165, 1.54) is 4.52 Å². The van der Waals surface area contributed by atoms with Gasteiger partial charge in [0.1, 0.15) is 22.8 Å². The van der Waals surface area contributed by atoms with E-state index in [0.717, 1.165) is 12.8 Å². The molecule has 0 spiro atoms. The molecule has 2 aromatic heterocycles. The maximum atomic E-state index is 12.9. The zero-order valence-electron chi connectivity index (χ0n) is 17.1. The second-order valence-corrected chi connectivity index (χ2v) is 9.06. The van der Waals surface area contributed by atoms with Gasteiger partial charge in [-0.2, -0.15) is 9.61 Å². The maximum absolute atomic E-state index is 12.9. The molecule has 1 aliphatic carbocycles. The lowest BCUT2D eigenvalue weighted by Gasteiger charge is -2.27. The summed E-state index contributed by atoms with van der Waals surface area (Å²) in [5, 5.41) is 16.6. The average molecular weight is 434 g/mol. The van der Waals surface area contributed by atoms with E-state index < -0.39 is 17.9 Å². The van der Waals surface area contributed by atoms with Crippen LogP contribution in [0.4, 0.5) is 10.6 Å². The number of aliphatic hydroxyl groups excluding tert-OH is 1. The number of aliphatic hydroxyl groups is 1. The SMILES string of the molecule is CC(C)(C)OC(=O)N(CC1CC1)c1cc(Cl)nc2c(/C=C3\CC(O)NC3=O)cnn12. The molecule has 2 aromatic rings. The predicted octanol–water partition coefficient (Wildman–Crippen LogP) is 2.76. The van der Waals surface area contributed by atoms with Gasteiger partial charge in [-0.05, 0) is 45.6 Å². The van der Waals surface area contributed by atoms with Crippen LogP contribution < -0.4 is 10.2 Å². The van der Waals surface area contributed by atoms with Gasteiger partial charge in [0.15, 0.2) is 5.65 Å². The highest BCUT2D eigenvalue weighted by molar-refractivity contribution is 6.29. The van der Waals surface area contributed by atoms with Gasteiger partial charge in [-0.25, -0.2) is 9.78 Å². The van der Waals surface area contributed by atoms with Gasteiger partial charge in [0, 0.05) is 30.2 Å². The van der Waals surface area contributed by atoms with Crippen molar-refractivity contribution in [1.82, 2.24) is 19.9 Å². The molecule has 1 saturated heterocycles. The Hall–Kier alpha value is -2.65. The summed E-state index contributed by atoms with van der Waals surface area (Å²) in [6, 6.07) is 1.58. The van der Waals surface area contributed by atoms with Crippen molar-refractivity contribution >= 4 is 41.1 Å². The van der Waals surface area contributed by atoms with E-state index in [-0.39, 0.29) is 17.5 Å². The molecule has 160 valence electrons. The molecule has 2 N–H and O–H groups in total. The van der Waals surface area contributed by atoms with Crippen LogP contribution in [0.25, 0.3) is 11.7 Å². The lowest BCUT2D eigenvalue weighted by molar-refractivity contribution is -0.117. The van der Waals surface area contributed by atoms with Crippen LogP contribution in [0.2, 0.25) is 5.15 Å². The quantitative estimate of drug-likeness (QED) is 0.566. The van der Waals surface area contributed by atoms with E-state index in [0.29, 0.717) is 35.1 Å². The van der Waals surface area contributed by atoms with Crippen LogP contribution >= 0.6 is 11.6 Å². The molecule has 4 rings (SSSR count). The summed E-state index contributed by atoms with van der Waals surface area (Å²) in [6.45, 7) is 5.94. The van der Waals surface area contributed by atoms with Gasteiger partial charge in [-0.1, -0.05) is 11.6 Å². The van der Waals surface area contributed by atoms with Crippen LogP contribution in [-0.2, 0) is 9.53 Å². The van der Waals surface area contributed by atoms with Crippen LogP contribution in [0.1, 0.15) is 45.6 Å². The summed E-state index contributed by atoms with van der Waals surface area (Å²) < 4.78 is 7.12. The minimum absolute atomic E-state index is 0.190. The summed E-state index contributed by atoms with van der Waals surface area (Å²) in [4.78, 5) is 30.8. The fourth-order valence-electron chi connectivity index (χ4n) is 3.27. The van der Waals surface area contributed by atoms with Crippen molar-refractivity contribution in [3.63, 3.8) is 0 Å². The normalized spacial score (nSPS) is 20.6. The zero-order valence-corrected chi connectivity index (χ0v) is 17.8. The fraction of sp³-hybridized carbons (Fsp3) is 0.500. The smallest absolute Gasteiger partial charge is 0.416 e. The first kappa shape index (κ1) is 20.6. The predicted molar refractivity (Wildman–Crippen MR) is 111 cm³/mol. The number of hydrogen-bond acceptors (Lipinski definition) is 6. The van der Waals surface area contributed by atoms with E-state index in [9.17, 15) is 14.7 Å². The average Bonchev–Trinajstić information content (AvgIpc) is 3.28. The highest BCUT2D eigenvalue weighted by Gasteiger charge is 2.32. The number of anilines is 1. The lowest BCUT2D eigenvalue weighted by atomic mass is 10.1. The standard InChI is InChI=1S/C20H24ClN5O4/c1-20(2,3)30-19(29)25(10-11-4-5-11)16-8-14(21)23-17-13(9-22-26(16)17)6-12-7-15(27)24-18(12)28/h6,8-9,11,15,27H,4-5,7,10H2,1-3H3,(H,24,28)/b12-6+. The first-order valence-corrected chi connectivity index (χ1v) is 10.2. The highest BCUT2D eigenvalue weighted by atomic mass is 35.5. The molecule has 1 unspecified atom stereocenters. The number of nitrogens with zero attached hydrogens (tertiary/aromatic N) is 4. The van der Waals surface area contributed by atoms with E-state index in [4.69, 9.17) is 16.3 Å². The number of ether oxygens (including phenoxy) is 1. The summed E-state index contributed by atoms with van der Waals surface area (Å²) in [6.07, 6.45) is 4.09. The molecule has 0 aromatic carbocycles. The summed E-state index contributed by atoms with van der Waals surface area (Å²) in [5.74, 6) is 0.514. The Morgan fingerprint density at radius 1 is 1.47 bits per heavy atom. The Kier molecular flexibility index (Phi) is 5.19. The third-order valence-electron chi connectivity index (χ3n) is 4.81. The number of fused-ring (bicyclic) bond motifs is 1. The summed E-state index contributed by atoms with van der Waals surface area (Å²) in [7, 11) is 0. The third kappa shape index (κ3) is 4.41. The first-order valence-electron chi connectivity index (χ1n) is 9.85. The molecule has 3 heterocycles. The fourth-order valence-corrected chi connectivity index (χ4v) is 3.45. The number of rotatable bonds is 4. The Labute approximate surface area is 178 Å². The molecular formula is C20H24ClN5O4. The van der Waals surface area contributed by atoms with Gasteiger partial charge in [0.2, 0.25) is 5.91 Å². The van der Waals surface area contributed by atoms with Crippen LogP contribution in [0.5, 0.6) is 0 Å². The number of hydrogen-bond donors (Lipinski definition) is 2. The van der Waals surface area contributed by atoms with Crippen molar-refractivity contribution in [2.75, 3.05) is 11.4 Å². The number of aromatic nitrogens is 3. The van der Waals surface area contributed by atoms with Crippen molar-refractivity contribution in [3.8, 4) is 0 Å². The van der Waals surface area contributed by atoms with Gasteiger partial charge < -0.3 is 15.2 Å². The lowest BCUT2D eigenvalue weighted by Crippen LogP contribution is -2.39. The summed E-state index contributed by atoms with van der Waals surface area (Å²) in [5.41, 5.74) is 0.741. The number of nitrogens with one attached hydrogen (secondary N) is 1. The molecule has 0 radical (unpaired) electrons. The Bertz CT molecular complexity index is 1040. The molecule has 1 atom stereocenters. The van der Waals surface area contributed by atoms with Gasteiger partial charge in [-0.3, -0.25) is 9.69 Å². The van der Waals surface area contributed by atoms with E-state index in [2.05, 4.69) is 15.4 Å². The zero-order chi connectivity index (χ0) is 21.6. The molecule has 2 amide bonds. The monoisotopic (exact) mass is 433 g/mol. The van der Waals surface area contributed by atoms with Crippen molar-refractivity contribution in [2.45, 2.75) is 51.9 Å². The van der Waals surface area contributed by atoms with Crippen molar-refractivity contribution < 1.29 is 19.4 Å². The van der Waals surface area contributed by atoms with Crippen LogP contribution in [0.15, 0.2) is 17.8 Å². The van der Waals surface area contributed by atoms with E-state index in [1.807, 2.05) is 20.8 Å². The van der Waals surface area contributed by atoms with Gasteiger partial charge >= 0.3 is 6.09 Å². The van der Waals surface area contributed by atoms with E-state index in [1.54, 1.807) is 23.2 Å². The molecule has 1 aliphatic heterocycles. The largest absolute Gasteiger partial charge is 0.443 e. The van der Waals surface area contributed by atoms with E-state index >= 15 is 0 Å². The molecule has 10 heteroatoms. The molecule has 9 nitrogen and oxygen atoms in total. The Balaban J connectivity index is 1.76. The molecule has 2 aliphatic rings. The van der Waals surface area contributed by atoms with Crippen molar-refractivity contribution in [2.24, 2.45) is 5.92 Å². The first-order chi connectivity index (χ1) is 14.1. The summed E-state index contributed by atoms with van der Waals surface area (Å²) >= 11 is 6.28. The highest BCUT2D eigenvalue weighted by Crippen LogP contribution is 2.33. The molecular weight excluding hydrogens is 410 g/mol. The minimum atomic E-state index is -0.904. The minimum Gasteiger partial charge on any atom is -0.443 e. The maximum Gasteiger partial charge on any atom is 0.416 e. The Morgan fingerprint density at radius 3 is 2.80 bits per heavy atom. The topological polar surface area (TPSA) is 109 Å². The van der Waals surface area contributed by atoms with Gasteiger partial charge in [0.05, 0.1) is 6.20 Å². The molecule has 2 fully saturated rings. The number of amides is 2. The molecule has 0 bridgehead atoms. The third-order valence-corrected chi connectivity index (χ3v) is 5.00. The Morgan fingerprint density at radius 2 is 2.20 bits per heavy atom. The van der Waals surface area contributed by atoms with Crippen LogP contribution in [0.3, 0.4) is 0 Å². The van der Waals surface area contributed by atoms with Gasteiger partial charge in [0.25, 0.3) is 0 Å². The number of halogens is 1. The van der Waals surface area contributed by atoms with Gasteiger partial charge in [-0.15, -0.1) is 0 Å². The molecule has 1 saturated carbocycles.